The van der Waals surface area contributed by atoms with Gasteiger partial charge in [0.1, 0.15) is 5.76 Å². The highest BCUT2D eigenvalue weighted by atomic mass is 32.2. The van der Waals surface area contributed by atoms with Gasteiger partial charge in [-0.05, 0) is 30.7 Å². The van der Waals surface area contributed by atoms with Crippen LogP contribution >= 0.6 is 11.8 Å². The molecule has 3 rings (SSSR count). The molecule has 1 N–H and O–H groups in total. The largest absolute Gasteiger partial charge is 0.467 e. The zero-order valence-corrected chi connectivity index (χ0v) is 12.8. The molecule has 0 spiro atoms. The first-order chi connectivity index (χ1) is 10.8. The summed E-state index contributed by atoms with van der Waals surface area (Å²) in [6.07, 6.45) is 3.91. The fourth-order valence-electron chi connectivity index (χ4n) is 1.94. The molecule has 0 saturated carbocycles. The summed E-state index contributed by atoms with van der Waals surface area (Å²) < 4.78 is 10.8. The molecule has 0 bridgehead atoms. The van der Waals surface area contributed by atoms with Crippen LogP contribution in [0.4, 0.5) is 0 Å². The molecule has 0 aromatic carbocycles. The van der Waals surface area contributed by atoms with E-state index in [9.17, 15) is 4.79 Å². The number of aromatic nitrogens is 2. The Morgan fingerprint density at radius 2 is 2.32 bits per heavy atom. The Hall–Kier alpha value is -2.28. The van der Waals surface area contributed by atoms with Crippen LogP contribution < -0.4 is 5.32 Å². The summed E-state index contributed by atoms with van der Waals surface area (Å²) in [5, 5.41) is 3.03. The maximum atomic E-state index is 12.2. The lowest BCUT2D eigenvalue weighted by Crippen LogP contribution is -2.31. The Morgan fingerprint density at radius 3 is 3.05 bits per heavy atom. The van der Waals surface area contributed by atoms with E-state index in [-0.39, 0.29) is 11.2 Å². The third-order valence-electron chi connectivity index (χ3n) is 3.07. The average Bonchev–Trinajstić information content (AvgIpc) is 3.18. The summed E-state index contributed by atoms with van der Waals surface area (Å²) in [7, 11) is 0. The summed E-state index contributed by atoms with van der Waals surface area (Å²) in [4.78, 5) is 20.6. The number of amides is 1. The highest BCUT2D eigenvalue weighted by Crippen LogP contribution is 2.27. The van der Waals surface area contributed by atoms with Crippen molar-refractivity contribution >= 4 is 28.9 Å². The van der Waals surface area contributed by atoms with Gasteiger partial charge in [-0.15, -0.1) is 0 Å². The highest BCUT2D eigenvalue weighted by molar-refractivity contribution is 8.00. The smallest absolute Gasteiger partial charge is 0.259 e. The number of nitrogens with one attached hydrogen (secondary N) is 1. The van der Waals surface area contributed by atoms with E-state index in [1.807, 2.05) is 13.0 Å². The fraction of sp³-hybridized carbons (Fsp3) is 0.267. The van der Waals surface area contributed by atoms with Gasteiger partial charge in [0.05, 0.1) is 18.1 Å². The predicted octanol–water partition coefficient (Wildman–Crippen LogP) is 3.00. The van der Waals surface area contributed by atoms with E-state index in [0.717, 1.165) is 5.76 Å². The Morgan fingerprint density at radius 1 is 1.41 bits per heavy atom. The highest BCUT2D eigenvalue weighted by Gasteiger charge is 2.21. The van der Waals surface area contributed by atoms with Crippen LogP contribution in [-0.4, -0.2) is 21.1 Å². The minimum atomic E-state index is -0.275. The van der Waals surface area contributed by atoms with Gasteiger partial charge in [-0.3, -0.25) is 4.79 Å². The molecule has 7 heteroatoms. The lowest BCUT2D eigenvalue weighted by atomic mass is 10.3. The molecule has 0 aliphatic heterocycles. The molecule has 114 valence electrons. The van der Waals surface area contributed by atoms with Gasteiger partial charge in [-0.25, -0.2) is 4.98 Å². The molecular weight excluding hydrogens is 302 g/mol. The van der Waals surface area contributed by atoms with Crippen LogP contribution in [0.3, 0.4) is 0 Å². The van der Waals surface area contributed by atoms with E-state index >= 15 is 0 Å². The topological polar surface area (TPSA) is 81.2 Å². The van der Waals surface area contributed by atoms with Crippen molar-refractivity contribution in [1.82, 2.24) is 15.3 Å². The molecule has 0 saturated heterocycles. The third-order valence-corrected chi connectivity index (χ3v) is 4.28. The van der Waals surface area contributed by atoms with Crippen LogP contribution in [0.15, 0.2) is 50.8 Å². The average molecular weight is 317 g/mol. The van der Waals surface area contributed by atoms with Crippen LogP contribution in [0.2, 0.25) is 0 Å². The van der Waals surface area contributed by atoms with Gasteiger partial charge in [0, 0.05) is 6.20 Å². The van der Waals surface area contributed by atoms with Crippen LogP contribution in [0.1, 0.15) is 19.1 Å². The second kappa shape index (κ2) is 6.65. The Bertz CT molecular complexity index is 721. The maximum Gasteiger partial charge on any atom is 0.259 e. The lowest BCUT2D eigenvalue weighted by molar-refractivity contribution is -0.120. The number of carbonyl (C=O) groups is 1. The lowest BCUT2D eigenvalue weighted by Gasteiger charge is -2.11. The van der Waals surface area contributed by atoms with Gasteiger partial charge >= 0.3 is 0 Å². The molecule has 0 fully saturated rings. The molecule has 6 nitrogen and oxygen atoms in total. The van der Waals surface area contributed by atoms with Gasteiger partial charge in [0.25, 0.3) is 5.22 Å². The van der Waals surface area contributed by atoms with Gasteiger partial charge in [0.2, 0.25) is 5.91 Å². The van der Waals surface area contributed by atoms with Crippen LogP contribution in [0.5, 0.6) is 0 Å². The summed E-state index contributed by atoms with van der Waals surface area (Å²) in [6, 6.07) is 7.20. The van der Waals surface area contributed by atoms with Crippen LogP contribution in [0.25, 0.3) is 11.2 Å². The summed E-state index contributed by atoms with van der Waals surface area (Å²) >= 11 is 1.30. The van der Waals surface area contributed by atoms with Crippen molar-refractivity contribution in [2.45, 2.75) is 30.4 Å². The first-order valence-corrected chi connectivity index (χ1v) is 7.82. The van der Waals surface area contributed by atoms with E-state index in [2.05, 4.69) is 15.3 Å². The summed E-state index contributed by atoms with van der Waals surface area (Å²) in [5.74, 6) is 0.651. The number of pyridine rings is 1. The van der Waals surface area contributed by atoms with Crippen molar-refractivity contribution in [3.8, 4) is 0 Å². The number of oxazole rings is 1. The Balaban J connectivity index is 1.64. The third kappa shape index (κ3) is 3.30. The Kier molecular flexibility index (Phi) is 4.43. The van der Waals surface area contributed by atoms with Gasteiger partial charge < -0.3 is 14.2 Å². The molecule has 0 aliphatic carbocycles. The van der Waals surface area contributed by atoms with Crippen molar-refractivity contribution in [3.05, 3.63) is 42.5 Å². The molecule has 1 atom stereocenters. The second-order valence-electron chi connectivity index (χ2n) is 4.62. The number of fused-ring (bicyclic) bond motifs is 1. The maximum absolute atomic E-state index is 12.2. The molecule has 3 aromatic heterocycles. The van der Waals surface area contributed by atoms with E-state index < -0.39 is 0 Å². The molecule has 3 aromatic rings. The molecule has 0 aliphatic rings. The SMILES string of the molecule is CC[C@@H](Sc1nc2ncccc2o1)C(=O)NCc1ccco1. The van der Waals surface area contributed by atoms with Gasteiger partial charge in [0.15, 0.2) is 11.2 Å². The summed E-state index contributed by atoms with van der Waals surface area (Å²) in [6.45, 7) is 2.32. The first kappa shape index (κ1) is 14.6. The molecule has 3 heterocycles. The van der Waals surface area contributed by atoms with Gasteiger partial charge in [-0.2, -0.15) is 4.98 Å². The van der Waals surface area contributed by atoms with E-state index in [1.165, 1.54) is 11.8 Å². The zero-order valence-electron chi connectivity index (χ0n) is 12.0. The van der Waals surface area contributed by atoms with Crippen molar-refractivity contribution in [2.75, 3.05) is 0 Å². The molecule has 22 heavy (non-hydrogen) atoms. The molecular formula is C15H15N3O3S. The number of rotatable bonds is 6. The van der Waals surface area contributed by atoms with Crippen molar-refractivity contribution in [2.24, 2.45) is 0 Å². The fourth-order valence-corrected chi connectivity index (χ4v) is 2.82. The first-order valence-electron chi connectivity index (χ1n) is 6.94. The molecule has 0 unspecified atom stereocenters. The zero-order chi connectivity index (χ0) is 15.4. The van der Waals surface area contributed by atoms with E-state index in [1.54, 1.807) is 30.7 Å². The standard InChI is InChI=1S/C15H15N3O3S/c1-2-12(14(19)17-9-10-5-4-8-20-10)22-15-18-13-11(21-15)6-3-7-16-13/h3-8,12H,2,9H2,1H3,(H,17,19)/t12-/m1/s1. The number of thioether (sulfide) groups is 1. The van der Waals surface area contributed by atoms with Gasteiger partial charge in [-0.1, -0.05) is 18.7 Å². The minimum Gasteiger partial charge on any atom is -0.467 e. The number of carbonyl (C=O) groups excluding carboxylic acids is 1. The van der Waals surface area contributed by atoms with Crippen molar-refractivity contribution in [3.63, 3.8) is 0 Å². The number of nitrogens with zero attached hydrogens (tertiary/aromatic N) is 2. The Labute approximate surface area is 131 Å². The van der Waals surface area contributed by atoms with Crippen molar-refractivity contribution in [1.29, 1.82) is 0 Å². The second-order valence-corrected chi connectivity index (χ2v) is 5.77. The molecule has 1 amide bonds. The van der Waals surface area contributed by atoms with E-state index in [0.29, 0.717) is 29.4 Å². The minimum absolute atomic E-state index is 0.0703. The van der Waals surface area contributed by atoms with Crippen LogP contribution in [0, 0.1) is 0 Å². The monoisotopic (exact) mass is 317 g/mol. The van der Waals surface area contributed by atoms with Crippen molar-refractivity contribution < 1.29 is 13.6 Å². The summed E-state index contributed by atoms with van der Waals surface area (Å²) in [5.41, 5.74) is 1.17. The number of hydrogen-bond acceptors (Lipinski definition) is 6. The quantitative estimate of drug-likeness (QED) is 0.704. The van der Waals surface area contributed by atoms with Crippen LogP contribution in [-0.2, 0) is 11.3 Å². The number of furan rings is 1. The normalized spacial score (nSPS) is 12.4. The van der Waals surface area contributed by atoms with E-state index in [4.69, 9.17) is 8.83 Å². The number of hydrogen-bond donors (Lipinski definition) is 1. The molecule has 0 radical (unpaired) electrons. The predicted molar refractivity (Wildman–Crippen MR) is 82.3 cm³/mol.